The molecule has 0 unspecified atom stereocenters. The second kappa shape index (κ2) is 9.67. The van der Waals surface area contributed by atoms with Gasteiger partial charge in [-0.1, -0.05) is 6.08 Å². The van der Waals surface area contributed by atoms with Crippen molar-refractivity contribution in [2.24, 2.45) is 11.8 Å². The van der Waals surface area contributed by atoms with E-state index in [9.17, 15) is 19.5 Å². The van der Waals surface area contributed by atoms with Crippen LogP contribution in [0.4, 0.5) is 5.13 Å². The zero-order valence-corrected chi connectivity index (χ0v) is 20.8. The molecule has 1 aliphatic carbocycles. The van der Waals surface area contributed by atoms with Crippen molar-refractivity contribution in [1.82, 2.24) is 19.4 Å². The number of thiazole rings is 1. The molecule has 2 aromatic rings. The number of amides is 2. The Balaban J connectivity index is 1.55. The van der Waals surface area contributed by atoms with Crippen molar-refractivity contribution in [1.29, 1.82) is 0 Å². The third-order valence-electron chi connectivity index (χ3n) is 7.38. The number of nitrogens with zero attached hydrogens (tertiary/aromatic N) is 4. The van der Waals surface area contributed by atoms with Crippen molar-refractivity contribution in [3.8, 4) is 0 Å². The highest BCUT2D eigenvalue weighted by Crippen LogP contribution is 2.49. The first-order valence-electron chi connectivity index (χ1n) is 12.1. The molecule has 9 nitrogen and oxygen atoms in total. The normalized spacial score (nSPS) is 25.4. The molecule has 4 atom stereocenters. The van der Waals surface area contributed by atoms with Gasteiger partial charge < -0.3 is 24.8 Å². The number of nitrogens with one attached hydrogen (secondary N) is 1. The van der Waals surface area contributed by atoms with Gasteiger partial charge in [0.1, 0.15) is 6.04 Å². The summed E-state index contributed by atoms with van der Waals surface area (Å²) in [6, 6.07) is 2.51. The van der Waals surface area contributed by atoms with Gasteiger partial charge in [-0.05, 0) is 57.5 Å². The van der Waals surface area contributed by atoms with Crippen molar-refractivity contribution in [3.05, 3.63) is 51.4 Å². The van der Waals surface area contributed by atoms with Gasteiger partial charge in [-0.2, -0.15) is 0 Å². The highest BCUT2D eigenvalue weighted by molar-refractivity contribution is 7.13. The number of aromatic nitrogens is 2. The molecule has 2 N–H and O–H groups in total. The van der Waals surface area contributed by atoms with Gasteiger partial charge in [-0.3, -0.25) is 14.4 Å². The maximum Gasteiger partial charge on any atom is 0.258 e. The Morgan fingerprint density at radius 1 is 1.29 bits per heavy atom. The monoisotopic (exact) mass is 497 g/mol. The number of allylic oxidation sites excluding steroid dienone is 2. The van der Waals surface area contributed by atoms with Gasteiger partial charge in [-0.15, -0.1) is 11.3 Å². The zero-order valence-electron chi connectivity index (χ0n) is 20.0. The summed E-state index contributed by atoms with van der Waals surface area (Å²) < 4.78 is 1.76. The molecule has 4 heterocycles. The summed E-state index contributed by atoms with van der Waals surface area (Å²) in [5.41, 5.74) is 2.49. The third kappa shape index (κ3) is 4.23. The Kier molecular flexibility index (Phi) is 6.61. The van der Waals surface area contributed by atoms with Gasteiger partial charge in [0.05, 0.1) is 12.6 Å². The highest BCUT2D eigenvalue weighted by atomic mass is 32.1. The summed E-state index contributed by atoms with van der Waals surface area (Å²) >= 11 is 1.30. The Morgan fingerprint density at radius 2 is 2.11 bits per heavy atom. The van der Waals surface area contributed by atoms with Crippen LogP contribution >= 0.6 is 11.3 Å². The molecule has 2 aliphatic heterocycles. The average Bonchev–Trinajstić information content (AvgIpc) is 3.54. The molecule has 35 heavy (non-hydrogen) atoms. The van der Waals surface area contributed by atoms with Crippen LogP contribution in [-0.2, 0) is 16.1 Å². The second-order valence-electron chi connectivity index (χ2n) is 9.83. The highest BCUT2D eigenvalue weighted by Gasteiger charge is 2.57. The van der Waals surface area contributed by atoms with E-state index in [0.29, 0.717) is 11.7 Å². The minimum Gasteiger partial charge on any atom is -0.396 e. The number of carbonyl (C=O) groups excluding carboxylic acids is 2. The van der Waals surface area contributed by atoms with Crippen molar-refractivity contribution in [2.75, 3.05) is 32.6 Å². The van der Waals surface area contributed by atoms with Crippen LogP contribution in [0, 0.1) is 11.8 Å². The van der Waals surface area contributed by atoms with Crippen LogP contribution in [0.1, 0.15) is 43.0 Å². The summed E-state index contributed by atoms with van der Waals surface area (Å²) in [4.78, 5) is 47.9. The third-order valence-corrected chi connectivity index (χ3v) is 8.07. The molecule has 0 aromatic carbocycles. The predicted molar refractivity (Wildman–Crippen MR) is 134 cm³/mol. The number of anilines is 1. The predicted octanol–water partition coefficient (Wildman–Crippen LogP) is 1.95. The Hall–Kier alpha value is -2.82. The number of rotatable bonds is 6. The summed E-state index contributed by atoms with van der Waals surface area (Å²) in [6.45, 7) is 0.235. The van der Waals surface area contributed by atoms with Gasteiger partial charge in [-0.25, -0.2) is 4.98 Å². The summed E-state index contributed by atoms with van der Waals surface area (Å²) in [5.74, 6) is -1.30. The van der Waals surface area contributed by atoms with E-state index < -0.39 is 18.0 Å². The van der Waals surface area contributed by atoms with E-state index >= 15 is 0 Å². The van der Waals surface area contributed by atoms with Crippen molar-refractivity contribution in [3.63, 3.8) is 0 Å². The fourth-order valence-corrected chi connectivity index (χ4v) is 6.44. The van der Waals surface area contributed by atoms with Gasteiger partial charge in [0.15, 0.2) is 5.13 Å². The van der Waals surface area contributed by atoms with E-state index in [1.807, 2.05) is 12.1 Å². The molecule has 186 valence electrons. The molecule has 1 fully saturated rings. The smallest absolute Gasteiger partial charge is 0.258 e. The molecular formula is C25H31N5O4S. The number of likely N-dealkylation sites (N-methyl/N-ethyl adjacent to an activating group) is 1. The molecule has 1 saturated heterocycles. The van der Waals surface area contributed by atoms with Crippen LogP contribution in [0.3, 0.4) is 0 Å². The lowest BCUT2D eigenvalue weighted by Gasteiger charge is -2.31. The Morgan fingerprint density at radius 3 is 2.77 bits per heavy atom. The van der Waals surface area contributed by atoms with E-state index in [0.717, 1.165) is 42.5 Å². The van der Waals surface area contributed by atoms with Gasteiger partial charge in [0, 0.05) is 47.8 Å². The maximum absolute atomic E-state index is 13.5. The van der Waals surface area contributed by atoms with E-state index in [-0.39, 0.29) is 36.4 Å². The standard InChI is InChI=1S/C25H31N5O4S/c1-28(2)13-20(32)30-21-17(18(14-31)22(30)23(33)27-25-26-10-11-35-25)12-29-19(21)9-8-16(24(29)34)15-6-4-3-5-7-15/h6,8-11,17-18,21-22,31H,3-5,7,12-14H2,1-2H3,(H,26,27,33)/t17-,18-,21+,22-/m1/s1. The second-order valence-corrected chi connectivity index (χ2v) is 10.7. The molecule has 2 amide bonds. The van der Waals surface area contributed by atoms with Gasteiger partial charge in [0.2, 0.25) is 11.8 Å². The van der Waals surface area contributed by atoms with Crippen LogP contribution in [0.25, 0.3) is 5.57 Å². The minimum absolute atomic E-state index is 0.0504. The topological polar surface area (TPSA) is 108 Å². The molecule has 2 aromatic heterocycles. The average molecular weight is 498 g/mol. The van der Waals surface area contributed by atoms with Crippen molar-refractivity contribution in [2.45, 2.75) is 44.3 Å². The van der Waals surface area contributed by atoms with Crippen molar-refractivity contribution >= 4 is 33.9 Å². The SMILES string of the molecule is CN(C)CC(=O)N1[C@@H]2c3ccc(C4=CCCCC4)c(=O)n3C[C@@H]2[C@@H](CO)[C@@H]1C(=O)Nc1nccs1. The minimum atomic E-state index is -0.851. The lowest BCUT2D eigenvalue weighted by atomic mass is 9.88. The molecule has 5 rings (SSSR count). The number of pyridine rings is 1. The largest absolute Gasteiger partial charge is 0.396 e. The molecule has 0 saturated carbocycles. The van der Waals surface area contributed by atoms with Crippen LogP contribution in [0.5, 0.6) is 0 Å². The van der Waals surface area contributed by atoms with E-state index in [1.54, 1.807) is 40.0 Å². The number of carbonyl (C=O) groups is 2. The Bertz CT molecular complexity index is 1200. The molecule has 0 spiro atoms. The zero-order chi connectivity index (χ0) is 24.7. The van der Waals surface area contributed by atoms with E-state index in [1.165, 1.54) is 11.3 Å². The van der Waals surface area contributed by atoms with Crippen LogP contribution in [-0.4, -0.2) is 69.6 Å². The lowest BCUT2D eigenvalue weighted by Crippen LogP contribution is -2.50. The molecule has 3 aliphatic rings. The number of likely N-dealkylation sites (tertiary alicyclic amines) is 1. The number of aliphatic hydroxyl groups excluding tert-OH is 1. The number of hydrogen-bond acceptors (Lipinski definition) is 7. The first-order chi connectivity index (χ1) is 16.9. The first-order valence-corrected chi connectivity index (χ1v) is 13.0. The fraction of sp³-hybridized carbons (Fsp3) is 0.520. The molecule has 10 heteroatoms. The Labute approximate surface area is 208 Å². The van der Waals surface area contributed by atoms with Gasteiger partial charge in [0.25, 0.3) is 5.56 Å². The fourth-order valence-electron chi connectivity index (χ4n) is 5.91. The summed E-state index contributed by atoms with van der Waals surface area (Å²) in [6.07, 6.45) is 7.86. The van der Waals surface area contributed by atoms with Crippen LogP contribution in [0.15, 0.2) is 34.6 Å². The van der Waals surface area contributed by atoms with Gasteiger partial charge >= 0.3 is 0 Å². The van der Waals surface area contributed by atoms with Crippen LogP contribution in [0.2, 0.25) is 0 Å². The number of fused-ring (bicyclic) bond motifs is 3. The summed E-state index contributed by atoms with van der Waals surface area (Å²) in [7, 11) is 3.60. The van der Waals surface area contributed by atoms with Crippen LogP contribution < -0.4 is 10.9 Å². The summed E-state index contributed by atoms with van der Waals surface area (Å²) in [5, 5.41) is 15.4. The number of hydrogen-bond donors (Lipinski definition) is 2. The van der Waals surface area contributed by atoms with Crippen molar-refractivity contribution < 1.29 is 14.7 Å². The lowest BCUT2D eigenvalue weighted by molar-refractivity contribution is -0.140. The number of aliphatic hydroxyl groups is 1. The quantitative estimate of drug-likeness (QED) is 0.632. The first kappa shape index (κ1) is 23.9. The maximum atomic E-state index is 13.5. The van der Waals surface area contributed by atoms with E-state index in [4.69, 9.17) is 0 Å². The van der Waals surface area contributed by atoms with E-state index in [2.05, 4.69) is 16.4 Å². The molecule has 0 radical (unpaired) electrons. The molecule has 0 bridgehead atoms. The molecular weight excluding hydrogens is 466 g/mol.